The monoisotopic (exact) mass is 210 g/mol. The van der Waals surface area contributed by atoms with E-state index in [0.29, 0.717) is 0 Å². The van der Waals surface area contributed by atoms with E-state index in [9.17, 15) is 9.59 Å². The summed E-state index contributed by atoms with van der Waals surface area (Å²) in [4.78, 5) is 19.3. The number of hydrogen-bond donors (Lipinski definition) is 6. The molecule has 2 atom stereocenters. The molecule has 0 aromatic carbocycles. The fourth-order valence-electron chi connectivity index (χ4n) is 0.156. The second kappa shape index (κ2) is 8.38. The van der Waals surface area contributed by atoms with Gasteiger partial charge in [0.2, 0.25) is 0 Å². The van der Waals surface area contributed by atoms with Gasteiger partial charge in [0, 0.05) is 0 Å². The van der Waals surface area contributed by atoms with Gasteiger partial charge < -0.3 is 31.9 Å². The van der Waals surface area contributed by atoms with Crippen LogP contribution in [0.2, 0.25) is 0 Å². The molecule has 0 heterocycles. The number of carbonyl (C=O) groups is 2. The van der Waals surface area contributed by atoms with E-state index in [0.717, 1.165) is 0 Å². The summed E-state index contributed by atoms with van der Waals surface area (Å²) in [5.74, 6) is -2.36. The molecule has 0 aliphatic carbocycles. The molecule has 0 saturated carbocycles. The first kappa shape index (κ1) is 15.3. The second-order valence-corrected chi connectivity index (χ2v) is 2.25. The Balaban J connectivity index is 0. The Morgan fingerprint density at radius 3 is 1.14 bits per heavy atom. The highest BCUT2D eigenvalue weighted by molar-refractivity contribution is 5.73. The molecular formula is C6H14N2O6. The third-order valence-electron chi connectivity index (χ3n) is 1.03. The first-order valence-electron chi connectivity index (χ1n) is 3.55. The van der Waals surface area contributed by atoms with E-state index in [1.54, 1.807) is 0 Å². The highest BCUT2D eigenvalue weighted by atomic mass is 16.4. The lowest BCUT2D eigenvalue weighted by atomic mass is 10.3. The van der Waals surface area contributed by atoms with Crippen LogP contribution < -0.4 is 11.5 Å². The van der Waals surface area contributed by atoms with E-state index in [-0.39, 0.29) is 0 Å². The summed E-state index contributed by atoms with van der Waals surface area (Å²) in [6, 6.07) is -2.25. The third-order valence-corrected chi connectivity index (χ3v) is 1.03. The number of rotatable bonds is 4. The SMILES string of the molecule is NC(CO)C(=O)O.NC(CO)C(=O)O. The van der Waals surface area contributed by atoms with E-state index in [1.807, 2.05) is 0 Å². The van der Waals surface area contributed by atoms with Crippen LogP contribution in [0.5, 0.6) is 0 Å². The lowest BCUT2D eigenvalue weighted by Gasteiger charge is -1.96. The van der Waals surface area contributed by atoms with Crippen LogP contribution in [-0.4, -0.2) is 57.7 Å². The smallest absolute Gasteiger partial charge is 0.322 e. The van der Waals surface area contributed by atoms with Crippen LogP contribution in [0.4, 0.5) is 0 Å². The Kier molecular flexibility index (Phi) is 9.14. The molecule has 0 aliphatic heterocycles. The van der Waals surface area contributed by atoms with Gasteiger partial charge in [-0.3, -0.25) is 9.59 Å². The Bertz CT molecular complexity index is 165. The number of carboxylic acids is 2. The van der Waals surface area contributed by atoms with Crippen molar-refractivity contribution in [3.8, 4) is 0 Å². The molecule has 0 aliphatic rings. The van der Waals surface area contributed by atoms with Gasteiger partial charge in [0.25, 0.3) is 0 Å². The van der Waals surface area contributed by atoms with Crippen LogP contribution in [0, 0.1) is 0 Å². The zero-order valence-corrected chi connectivity index (χ0v) is 7.33. The molecule has 0 spiro atoms. The molecule has 0 saturated heterocycles. The molecule has 14 heavy (non-hydrogen) atoms. The predicted molar refractivity (Wildman–Crippen MR) is 45.4 cm³/mol. The van der Waals surface area contributed by atoms with Crippen molar-refractivity contribution in [2.45, 2.75) is 12.1 Å². The van der Waals surface area contributed by atoms with Crippen molar-refractivity contribution in [1.29, 1.82) is 0 Å². The first-order valence-corrected chi connectivity index (χ1v) is 3.55. The van der Waals surface area contributed by atoms with E-state index in [1.165, 1.54) is 0 Å². The van der Waals surface area contributed by atoms with Gasteiger partial charge in [0.1, 0.15) is 12.1 Å². The van der Waals surface area contributed by atoms with Gasteiger partial charge in [-0.05, 0) is 0 Å². The van der Waals surface area contributed by atoms with Crippen LogP contribution in [-0.2, 0) is 9.59 Å². The van der Waals surface area contributed by atoms with Gasteiger partial charge in [-0.1, -0.05) is 0 Å². The standard InChI is InChI=1S/2C3H7NO3/c2*4-2(1-5)3(6)7/h2*2,5H,1,4H2,(H,6,7). The van der Waals surface area contributed by atoms with Crippen molar-refractivity contribution in [2.75, 3.05) is 13.2 Å². The molecule has 8 N–H and O–H groups in total. The molecule has 0 bridgehead atoms. The maximum absolute atomic E-state index is 9.65. The molecule has 84 valence electrons. The van der Waals surface area contributed by atoms with E-state index in [4.69, 9.17) is 31.9 Å². The number of aliphatic hydroxyl groups is 2. The van der Waals surface area contributed by atoms with Crippen molar-refractivity contribution >= 4 is 11.9 Å². The fraction of sp³-hybridized carbons (Fsp3) is 0.667. The number of carboxylic acid groups (broad SMARTS) is 2. The Morgan fingerprint density at radius 2 is 1.14 bits per heavy atom. The van der Waals surface area contributed by atoms with Crippen molar-refractivity contribution in [3.05, 3.63) is 0 Å². The topological polar surface area (TPSA) is 167 Å². The summed E-state index contributed by atoms with van der Waals surface area (Å²) >= 11 is 0. The Hall–Kier alpha value is -1.22. The number of hydrogen-bond acceptors (Lipinski definition) is 6. The predicted octanol–water partition coefficient (Wildman–Crippen LogP) is -3.22. The van der Waals surface area contributed by atoms with Gasteiger partial charge in [-0.2, -0.15) is 0 Å². The Labute approximate surface area is 79.7 Å². The third kappa shape index (κ3) is 8.87. The minimum Gasteiger partial charge on any atom is -0.480 e. The largest absolute Gasteiger partial charge is 0.480 e. The summed E-state index contributed by atoms with van der Waals surface area (Å²) in [5.41, 5.74) is 9.53. The fourth-order valence-corrected chi connectivity index (χ4v) is 0.156. The molecule has 8 heteroatoms. The van der Waals surface area contributed by atoms with Crippen LogP contribution in [0.15, 0.2) is 0 Å². The minimum absolute atomic E-state index is 0.505. The maximum atomic E-state index is 9.65. The van der Waals surface area contributed by atoms with Crippen LogP contribution in [0.25, 0.3) is 0 Å². The van der Waals surface area contributed by atoms with Gasteiger partial charge in [-0.15, -0.1) is 0 Å². The van der Waals surface area contributed by atoms with E-state index < -0.39 is 37.2 Å². The number of aliphatic carboxylic acids is 2. The summed E-state index contributed by atoms with van der Waals surface area (Å²) in [5, 5.41) is 31.8. The minimum atomic E-state index is -1.18. The van der Waals surface area contributed by atoms with E-state index in [2.05, 4.69) is 0 Å². The highest BCUT2D eigenvalue weighted by Crippen LogP contribution is 1.71. The summed E-state index contributed by atoms with van der Waals surface area (Å²) in [6.45, 7) is -1.01. The average Bonchev–Trinajstić information content (AvgIpc) is 2.15. The van der Waals surface area contributed by atoms with E-state index >= 15 is 0 Å². The average molecular weight is 210 g/mol. The quantitative estimate of drug-likeness (QED) is 0.281. The first-order chi connectivity index (χ1) is 6.36. The molecule has 2 unspecified atom stereocenters. The van der Waals surface area contributed by atoms with Gasteiger partial charge in [0.05, 0.1) is 13.2 Å². The maximum Gasteiger partial charge on any atom is 0.322 e. The van der Waals surface area contributed by atoms with Crippen molar-refractivity contribution in [1.82, 2.24) is 0 Å². The number of aliphatic hydroxyl groups excluding tert-OH is 2. The number of nitrogens with two attached hydrogens (primary N) is 2. The van der Waals surface area contributed by atoms with Gasteiger partial charge in [0.15, 0.2) is 0 Å². The van der Waals surface area contributed by atoms with Crippen molar-refractivity contribution in [3.63, 3.8) is 0 Å². The molecule has 0 radical (unpaired) electrons. The summed E-state index contributed by atoms with van der Waals surface area (Å²) in [7, 11) is 0. The molecular weight excluding hydrogens is 196 g/mol. The summed E-state index contributed by atoms with van der Waals surface area (Å²) in [6.07, 6.45) is 0. The van der Waals surface area contributed by atoms with Crippen molar-refractivity contribution < 1.29 is 30.0 Å². The van der Waals surface area contributed by atoms with Gasteiger partial charge >= 0.3 is 11.9 Å². The molecule has 8 nitrogen and oxygen atoms in total. The van der Waals surface area contributed by atoms with Crippen molar-refractivity contribution in [2.24, 2.45) is 11.5 Å². The van der Waals surface area contributed by atoms with Crippen LogP contribution in [0.3, 0.4) is 0 Å². The zero-order chi connectivity index (χ0) is 11.7. The Morgan fingerprint density at radius 1 is 0.929 bits per heavy atom. The second-order valence-electron chi connectivity index (χ2n) is 2.25. The highest BCUT2D eigenvalue weighted by Gasteiger charge is 2.07. The molecule has 0 aromatic heterocycles. The molecule has 0 fully saturated rings. The summed E-state index contributed by atoms with van der Waals surface area (Å²) < 4.78 is 0. The molecule has 0 aromatic rings. The normalized spacial score (nSPS) is 13.4. The lowest BCUT2D eigenvalue weighted by molar-refractivity contribution is -0.140. The zero-order valence-electron chi connectivity index (χ0n) is 7.33. The van der Waals surface area contributed by atoms with Crippen LogP contribution >= 0.6 is 0 Å². The van der Waals surface area contributed by atoms with Crippen LogP contribution in [0.1, 0.15) is 0 Å². The molecule has 0 amide bonds. The molecule has 0 rings (SSSR count). The van der Waals surface area contributed by atoms with Gasteiger partial charge in [-0.25, -0.2) is 0 Å². The lowest BCUT2D eigenvalue weighted by Crippen LogP contribution is -2.33.